The maximum Gasteiger partial charge on any atom is 0.321 e. The van der Waals surface area contributed by atoms with Gasteiger partial charge in [0.2, 0.25) is 0 Å². The molecule has 0 aliphatic heterocycles. The van der Waals surface area contributed by atoms with Crippen LogP contribution in [0.25, 0.3) is 0 Å². The SMILES string of the molecule is CCOC(=O)[C@H]1C(=O)CCc2ccccc21. The zero-order valence-corrected chi connectivity index (χ0v) is 9.23. The van der Waals surface area contributed by atoms with E-state index in [-0.39, 0.29) is 5.78 Å². The number of esters is 1. The van der Waals surface area contributed by atoms with Crippen LogP contribution in [0, 0.1) is 0 Å². The molecule has 16 heavy (non-hydrogen) atoms. The molecule has 0 radical (unpaired) electrons. The lowest BCUT2D eigenvalue weighted by molar-refractivity contribution is -0.148. The average molecular weight is 218 g/mol. The van der Waals surface area contributed by atoms with Crippen molar-refractivity contribution in [3.63, 3.8) is 0 Å². The van der Waals surface area contributed by atoms with Gasteiger partial charge in [-0.1, -0.05) is 24.3 Å². The van der Waals surface area contributed by atoms with Gasteiger partial charge in [-0.3, -0.25) is 9.59 Å². The summed E-state index contributed by atoms with van der Waals surface area (Å²) in [5, 5.41) is 0. The largest absolute Gasteiger partial charge is 0.465 e. The second-order valence-corrected chi connectivity index (χ2v) is 3.85. The molecule has 1 aromatic carbocycles. The highest BCUT2D eigenvalue weighted by molar-refractivity contribution is 6.05. The van der Waals surface area contributed by atoms with E-state index >= 15 is 0 Å². The molecular weight excluding hydrogens is 204 g/mol. The number of carbonyl (C=O) groups is 2. The van der Waals surface area contributed by atoms with Crippen LogP contribution < -0.4 is 0 Å². The number of Topliss-reactive ketones (excluding diaryl/α,β-unsaturated/α-hetero) is 1. The number of fused-ring (bicyclic) bond motifs is 1. The van der Waals surface area contributed by atoms with Crippen molar-refractivity contribution in [2.75, 3.05) is 6.61 Å². The summed E-state index contributed by atoms with van der Waals surface area (Å²) in [4.78, 5) is 23.5. The van der Waals surface area contributed by atoms with Crippen molar-refractivity contribution in [1.82, 2.24) is 0 Å². The van der Waals surface area contributed by atoms with Gasteiger partial charge in [-0.25, -0.2) is 0 Å². The molecular formula is C13H14O3. The lowest BCUT2D eigenvalue weighted by atomic mass is 9.82. The molecule has 0 amide bonds. The van der Waals surface area contributed by atoms with Crippen LogP contribution in [0.4, 0.5) is 0 Å². The van der Waals surface area contributed by atoms with Crippen LogP contribution in [0.2, 0.25) is 0 Å². The third-order valence-corrected chi connectivity index (χ3v) is 2.85. The highest BCUT2D eigenvalue weighted by Gasteiger charge is 2.34. The molecule has 3 heteroatoms. The van der Waals surface area contributed by atoms with E-state index in [0.717, 1.165) is 17.5 Å². The second kappa shape index (κ2) is 4.47. The smallest absolute Gasteiger partial charge is 0.321 e. The molecule has 0 N–H and O–H groups in total. The van der Waals surface area contributed by atoms with E-state index in [1.807, 2.05) is 24.3 Å². The minimum absolute atomic E-state index is 0.0304. The van der Waals surface area contributed by atoms with Crippen LogP contribution in [0.1, 0.15) is 30.4 Å². The number of benzene rings is 1. The van der Waals surface area contributed by atoms with E-state index in [0.29, 0.717) is 13.0 Å². The van der Waals surface area contributed by atoms with Gasteiger partial charge in [0.05, 0.1) is 6.61 Å². The van der Waals surface area contributed by atoms with Crippen molar-refractivity contribution in [1.29, 1.82) is 0 Å². The number of aryl methyl sites for hydroxylation is 1. The molecule has 0 saturated heterocycles. The van der Waals surface area contributed by atoms with Gasteiger partial charge in [0.15, 0.2) is 5.78 Å². The van der Waals surface area contributed by atoms with Crippen molar-refractivity contribution in [3.8, 4) is 0 Å². The van der Waals surface area contributed by atoms with E-state index in [1.54, 1.807) is 6.92 Å². The highest BCUT2D eigenvalue weighted by Crippen LogP contribution is 2.29. The molecule has 1 aliphatic carbocycles. The summed E-state index contributed by atoms with van der Waals surface area (Å²) in [5.74, 6) is -1.15. The minimum Gasteiger partial charge on any atom is -0.465 e. The van der Waals surface area contributed by atoms with Gasteiger partial charge >= 0.3 is 5.97 Å². The molecule has 0 heterocycles. The first kappa shape index (κ1) is 10.9. The van der Waals surface area contributed by atoms with Crippen LogP contribution in [-0.4, -0.2) is 18.4 Å². The zero-order valence-electron chi connectivity index (χ0n) is 9.23. The Morgan fingerprint density at radius 2 is 2.12 bits per heavy atom. The monoisotopic (exact) mass is 218 g/mol. The van der Waals surface area contributed by atoms with Crippen LogP contribution >= 0.6 is 0 Å². The fraction of sp³-hybridized carbons (Fsp3) is 0.385. The molecule has 1 aliphatic rings. The number of ketones is 1. The third kappa shape index (κ3) is 1.85. The molecule has 0 bridgehead atoms. The fourth-order valence-electron chi connectivity index (χ4n) is 2.10. The molecule has 0 fully saturated rings. The molecule has 3 nitrogen and oxygen atoms in total. The minimum atomic E-state index is -0.704. The topological polar surface area (TPSA) is 43.4 Å². The predicted octanol–water partition coefficient (Wildman–Crippen LogP) is 1.85. The second-order valence-electron chi connectivity index (χ2n) is 3.85. The maximum absolute atomic E-state index is 11.8. The van der Waals surface area contributed by atoms with Crippen LogP contribution in [0.15, 0.2) is 24.3 Å². The number of hydrogen-bond donors (Lipinski definition) is 0. The van der Waals surface area contributed by atoms with Crippen molar-refractivity contribution < 1.29 is 14.3 Å². The normalized spacial score (nSPS) is 19.1. The molecule has 0 aromatic heterocycles. The van der Waals surface area contributed by atoms with Crippen molar-refractivity contribution >= 4 is 11.8 Å². The van der Waals surface area contributed by atoms with Gasteiger partial charge in [0, 0.05) is 6.42 Å². The van der Waals surface area contributed by atoms with Gasteiger partial charge in [-0.2, -0.15) is 0 Å². The Bertz CT molecular complexity index is 423. The molecule has 0 spiro atoms. The van der Waals surface area contributed by atoms with Gasteiger partial charge in [0.1, 0.15) is 5.92 Å². The van der Waals surface area contributed by atoms with Crippen LogP contribution in [-0.2, 0) is 20.7 Å². The van der Waals surface area contributed by atoms with E-state index in [4.69, 9.17) is 4.74 Å². The Hall–Kier alpha value is -1.64. The lowest BCUT2D eigenvalue weighted by Gasteiger charge is -2.22. The molecule has 0 saturated carbocycles. The average Bonchev–Trinajstić information content (AvgIpc) is 2.29. The van der Waals surface area contributed by atoms with E-state index in [9.17, 15) is 9.59 Å². The first-order valence-electron chi connectivity index (χ1n) is 5.51. The molecule has 0 unspecified atom stereocenters. The van der Waals surface area contributed by atoms with Crippen LogP contribution in [0.5, 0.6) is 0 Å². The van der Waals surface area contributed by atoms with Gasteiger partial charge in [0.25, 0.3) is 0 Å². The van der Waals surface area contributed by atoms with Gasteiger partial charge < -0.3 is 4.74 Å². The molecule has 84 valence electrons. The quantitative estimate of drug-likeness (QED) is 0.562. The van der Waals surface area contributed by atoms with Gasteiger partial charge in [-0.05, 0) is 24.5 Å². The summed E-state index contributed by atoms with van der Waals surface area (Å²) in [6.07, 6.45) is 1.16. The lowest BCUT2D eigenvalue weighted by Crippen LogP contribution is -2.28. The highest BCUT2D eigenvalue weighted by atomic mass is 16.5. The van der Waals surface area contributed by atoms with Crippen LogP contribution in [0.3, 0.4) is 0 Å². The number of rotatable bonds is 2. The summed E-state index contributed by atoms with van der Waals surface area (Å²) in [6, 6.07) is 7.59. The number of hydrogen-bond acceptors (Lipinski definition) is 3. The van der Waals surface area contributed by atoms with Crippen molar-refractivity contribution in [2.24, 2.45) is 0 Å². The van der Waals surface area contributed by atoms with Crippen molar-refractivity contribution in [3.05, 3.63) is 35.4 Å². The first-order chi connectivity index (χ1) is 7.74. The molecule has 1 aromatic rings. The zero-order chi connectivity index (χ0) is 11.5. The van der Waals surface area contributed by atoms with E-state index < -0.39 is 11.9 Å². The summed E-state index contributed by atoms with van der Waals surface area (Å²) in [5.41, 5.74) is 1.90. The maximum atomic E-state index is 11.8. The predicted molar refractivity (Wildman–Crippen MR) is 59.1 cm³/mol. The van der Waals surface area contributed by atoms with E-state index in [1.165, 1.54) is 0 Å². The first-order valence-corrected chi connectivity index (χ1v) is 5.51. The summed E-state index contributed by atoms with van der Waals surface area (Å²) >= 11 is 0. The summed E-state index contributed by atoms with van der Waals surface area (Å²) in [6.45, 7) is 2.06. The third-order valence-electron chi connectivity index (χ3n) is 2.85. The number of carbonyl (C=O) groups excluding carboxylic acids is 2. The Labute approximate surface area is 94.4 Å². The molecule has 1 atom stereocenters. The Morgan fingerprint density at radius 3 is 2.88 bits per heavy atom. The fourth-order valence-corrected chi connectivity index (χ4v) is 2.10. The molecule has 2 rings (SSSR count). The summed E-state index contributed by atoms with van der Waals surface area (Å²) < 4.78 is 4.95. The Kier molecular flexibility index (Phi) is 3.04. The Morgan fingerprint density at radius 1 is 1.38 bits per heavy atom. The van der Waals surface area contributed by atoms with Crippen molar-refractivity contribution in [2.45, 2.75) is 25.7 Å². The van der Waals surface area contributed by atoms with E-state index in [2.05, 4.69) is 0 Å². The Balaban J connectivity index is 2.37. The standard InChI is InChI=1S/C13H14O3/c1-2-16-13(15)12-10-6-4-3-5-9(10)7-8-11(12)14/h3-6,12H,2,7-8H2,1H3/t12-/m1/s1. The number of ether oxygens (including phenoxy) is 1. The summed E-state index contributed by atoms with van der Waals surface area (Å²) in [7, 11) is 0. The van der Waals surface area contributed by atoms with Gasteiger partial charge in [-0.15, -0.1) is 0 Å².